The molecule has 0 aliphatic carbocycles. The number of aryl methyl sites for hydroxylation is 1. The maximum absolute atomic E-state index is 9.70. The number of hydrogen-bond acceptors (Lipinski definition) is 3. The maximum atomic E-state index is 9.70. The first-order valence-electron chi connectivity index (χ1n) is 4.71. The molecule has 0 saturated carbocycles. The second-order valence-electron chi connectivity index (χ2n) is 3.15. The minimum atomic E-state index is -2.62. The number of rotatable bonds is 5. The van der Waals surface area contributed by atoms with Crippen molar-refractivity contribution in [3.05, 3.63) is 35.4 Å². The van der Waals surface area contributed by atoms with Crippen molar-refractivity contribution in [1.29, 1.82) is 0 Å². The normalized spacial score (nSPS) is 14.9. The molecule has 1 aromatic rings. The molecule has 1 aromatic carbocycles. The lowest BCUT2D eigenvalue weighted by Gasteiger charge is -2.13. The summed E-state index contributed by atoms with van der Waals surface area (Å²) in [6.07, 6.45) is 0. The standard InChI is InChI=1S/C10H15O2PS2/c1-3-12-13(11,14)15-8-10-6-4-9(2)5-7-10/h4-7H,3,8H2,1-2H3,(H,11,14). The molecule has 0 spiro atoms. The summed E-state index contributed by atoms with van der Waals surface area (Å²) >= 11 is 6.30. The van der Waals surface area contributed by atoms with E-state index < -0.39 is 5.69 Å². The van der Waals surface area contributed by atoms with E-state index in [-0.39, 0.29) is 0 Å². The van der Waals surface area contributed by atoms with Crippen LogP contribution in [-0.2, 0) is 22.1 Å². The molecule has 84 valence electrons. The Hall–Kier alpha value is 0.140. The third kappa shape index (κ3) is 5.14. The van der Waals surface area contributed by atoms with Gasteiger partial charge in [0.1, 0.15) is 0 Å². The molecule has 1 unspecified atom stereocenters. The van der Waals surface area contributed by atoms with Gasteiger partial charge in [-0.25, -0.2) is 0 Å². The molecule has 1 rings (SSSR count). The molecule has 0 aliphatic rings. The highest BCUT2D eigenvalue weighted by molar-refractivity contribution is 8.67. The molecule has 0 saturated heterocycles. The monoisotopic (exact) mass is 262 g/mol. The van der Waals surface area contributed by atoms with Gasteiger partial charge in [-0.3, -0.25) is 0 Å². The Labute approximate surface area is 100.0 Å². The first-order valence-corrected chi connectivity index (χ1v) is 8.97. The van der Waals surface area contributed by atoms with Gasteiger partial charge in [-0.05, 0) is 31.2 Å². The van der Waals surface area contributed by atoms with Crippen molar-refractivity contribution in [2.45, 2.75) is 19.6 Å². The van der Waals surface area contributed by atoms with Crippen LogP contribution in [0.1, 0.15) is 18.1 Å². The molecule has 0 radical (unpaired) electrons. The van der Waals surface area contributed by atoms with Crippen molar-refractivity contribution in [2.24, 2.45) is 0 Å². The van der Waals surface area contributed by atoms with E-state index in [1.165, 1.54) is 16.9 Å². The summed E-state index contributed by atoms with van der Waals surface area (Å²) in [6.45, 7) is 4.35. The molecule has 1 N–H and O–H groups in total. The molecule has 0 bridgehead atoms. The van der Waals surface area contributed by atoms with Crippen molar-refractivity contribution in [2.75, 3.05) is 6.61 Å². The summed E-state index contributed by atoms with van der Waals surface area (Å²) in [7, 11) is 0. The summed E-state index contributed by atoms with van der Waals surface area (Å²) in [5, 5.41) is 0. The van der Waals surface area contributed by atoms with Crippen molar-refractivity contribution in [3.8, 4) is 0 Å². The van der Waals surface area contributed by atoms with Crippen LogP contribution in [0.3, 0.4) is 0 Å². The van der Waals surface area contributed by atoms with E-state index in [1.807, 2.05) is 26.0 Å². The van der Waals surface area contributed by atoms with E-state index in [4.69, 9.17) is 16.3 Å². The van der Waals surface area contributed by atoms with E-state index in [0.29, 0.717) is 12.4 Å². The van der Waals surface area contributed by atoms with E-state index >= 15 is 0 Å². The smallest absolute Gasteiger partial charge is 0.245 e. The van der Waals surface area contributed by atoms with Gasteiger partial charge in [0.15, 0.2) is 0 Å². The molecular weight excluding hydrogens is 247 g/mol. The second-order valence-corrected chi connectivity index (χ2v) is 9.33. The van der Waals surface area contributed by atoms with Gasteiger partial charge in [-0.1, -0.05) is 41.2 Å². The van der Waals surface area contributed by atoms with Crippen molar-refractivity contribution in [1.82, 2.24) is 0 Å². The average molecular weight is 262 g/mol. The summed E-state index contributed by atoms with van der Waals surface area (Å²) in [5.41, 5.74) is -0.226. The minimum absolute atomic E-state index is 0.467. The van der Waals surface area contributed by atoms with Gasteiger partial charge in [0, 0.05) is 5.75 Å². The van der Waals surface area contributed by atoms with E-state index in [0.717, 1.165) is 5.56 Å². The molecule has 0 heterocycles. The summed E-state index contributed by atoms with van der Waals surface area (Å²) < 4.78 is 5.12. The Kier molecular flexibility index (Phi) is 5.30. The Morgan fingerprint density at radius 2 is 2.00 bits per heavy atom. The van der Waals surface area contributed by atoms with Crippen molar-refractivity contribution >= 4 is 28.9 Å². The Morgan fingerprint density at radius 1 is 1.40 bits per heavy atom. The zero-order valence-electron chi connectivity index (χ0n) is 8.84. The fourth-order valence-corrected chi connectivity index (χ4v) is 4.21. The zero-order chi connectivity index (χ0) is 11.3. The van der Waals surface area contributed by atoms with Gasteiger partial charge >= 0.3 is 0 Å². The third-order valence-electron chi connectivity index (χ3n) is 1.81. The third-order valence-corrected chi connectivity index (χ3v) is 6.13. The van der Waals surface area contributed by atoms with E-state index in [2.05, 4.69) is 12.1 Å². The maximum Gasteiger partial charge on any atom is 0.245 e. The molecule has 2 nitrogen and oxygen atoms in total. The van der Waals surface area contributed by atoms with Crippen LogP contribution in [0, 0.1) is 6.92 Å². The van der Waals surface area contributed by atoms with Gasteiger partial charge in [-0.2, -0.15) is 0 Å². The molecular formula is C10H15O2PS2. The van der Waals surface area contributed by atoms with Crippen LogP contribution >= 0.6 is 17.1 Å². The lowest BCUT2D eigenvalue weighted by molar-refractivity contribution is 0.340. The van der Waals surface area contributed by atoms with Gasteiger partial charge in [0.2, 0.25) is 5.69 Å². The number of hydrogen-bond donors (Lipinski definition) is 1. The molecule has 0 aliphatic heterocycles. The van der Waals surface area contributed by atoms with Gasteiger partial charge < -0.3 is 9.42 Å². The van der Waals surface area contributed by atoms with Gasteiger partial charge in [0.05, 0.1) is 6.61 Å². The molecule has 0 aromatic heterocycles. The van der Waals surface area contributed by atoms with Crippen LogP contribution in [0.25, 0.3) is 0 Å². The molecule has 0 amide bonds. The fraction of sp³-hybridized carbons (Fsp3) is 0.400. The van der Waals surface area contributed by atoms with Crippen molar-refractivity contribution < 1.29 is 9.42 Å². The van der Waals surface area contributed by atoms with E-state index in [9.17, 15) is 4.89 Å². The second kappa shape index (κ2) is 6.02. The SMILES string of the molecule is CCOP(O)(=S)SCc1ccc(C)cc1. The Balaban J connectivity index is 2.50. The zero-order valence-corrected chi connectivity index (χ0v) is 11.4. The highest BCUT2D eigenvalue weighted by Crippen LogP contribution is 2.57. The van der Waals surface area contributed by atoms with E-state index in [1.54, 1.807) is 0 Å². The summed E-state index contributed by atoms with van der Waals surface area (Å²) in [6, 6.07) is 8.20. The molecule has 1 atom stereocenters. The molecule has 15 heavy (non-hydrogen) atoms. The highest BCUT2D eigenvalue weighted by atomic mass is 32.9. The fourth-order valence-electron chi connectivity index (χ4n) is 1.04. The Morgan fingerprint density at radius 3 is 2.53 bits per heavy atom. The molecule has 0 fully saturated rings. The highest BCUT2D eigenvalue weighted by Gasteiger charge is 2.13. The van der Waals surface area contributed by atoms with Crippen LogP contribution < -0.4 is 0 Å². The minimum Gasteiger partial charge on any atom is -0.337 e. The lowest BCUT2D eigenvalue weighted by atomic mass is 10.2. The van der Waals surface area contributed by atoms with Gasteiger partial charge in [0.25, 0.3) is 0 Å². The molecule has 5 heteroatoms. The first-order chi connectivity index (χ1) is 7.03. The summed E-state index contributed by atoms with van der Waals surface area (Å²) in [5.74, 6) is 0.702. The summed E-state index contributed by atoms with van der Waals surface area (Å²) in [4.78, 5) is 9.70. The average Bonchev–Trinajstić information content (AvgIpc) is 2.17. The predicted molar refractivity (Wildman–Crippen MR) is 70.6 cm³/mol. The van der Waals surface area contributed by atoms with Crippen LogP contribution in [0.2, 0.25) is 0 Å². The quantitative estimate of drug-likeness (QED) is 0.823. The first kappa shape index (κ1) is 13.2. The predicted octanol–water partition coefficient (Wildman–Crippen LogP) is 3.48. The lowest BCUT2D eigenvalue weighted by Crippen LogP contribution is -1.86. The van der Waals surface area contributed by atoms with Crippen LogP contribution in [0.5, 0.6) is 0 Å². The van der Waals surface area contributed by atoms with Crippen LogP contribution in [0.15, 0.2) is 24.3 Å². The topological polar surface area (TPSA) is 29.5 Å². The van der Waals surface area contributed by atoms with Crippen LogP contribution in [-0.4, -0.2) is 11.5 Å². The largest absolute Gasteiger partial charge is 0.337 e. The van der Waals surface area contributed by atoms with Gasteiger partial charge in [-0.15, -0.1) is 0 Å². The Bertz CT molecular complexity index is 351. The van der Waals surface area contributed by atoms with Crippen LogP contribution in [0.4, 0.5) is 0 Å². The number of benzene rings is 1. The van der Waals surface area contributed by atoms with Crippen molar-refractivity contribution in [3.63, 3.8) is 0 Å².